The molecule has 8 heteroatoms. The van der Waals surface area contributed by atoms with Gasteiger partial charge in [0.05, 0.1) is 22.4 Å². The van der Waals surface area contributed by atoms with Gasteiger partial charge in [-0.2, -0.15) is 18.3 Å². The highest BCUT2D eigenvalue weighted by Crippen LogP contribution is 2.37. The maximum absolute atomic E-state index is 13.5. The molecular weight excluding hydrogens is 365 g/mol. The number of para-hydroxylation sites is 1. The Morgan fingerprint density at radius 2 is 1.88 bits per heavy atom. The van der Waals surface area contributed by atoms with E-state index in [-0.39, 0.29) is 17.3 Å². The lowest BCUT2D eigenvalue weighted by atomic mass is 10.1. The summed E-state index contributed by atoms with van der Waals surface area (Å²) < 4.78 is 43.6. The monoisotopic (exact) mass is 378 g/mol. The zero-order valence-electron chi connectivity index (χ0n) is 13.9. The number of halogens is 4. The third-order valence-electron chi connectivity index (χ3n) is 4.25. The SMILES string of the molecule is CC(C)c1c(C(F)(F)F)nc2c(-n3ncc4cccc(Cl)c43)cccn12. The van der Waals surface area contributed by atoms with E-state index in [1.807, 2.05) is 6.07 Å². The van der Waals surface area contributed by atoms with Crippen molar-refractivity contribution in [2.45, 2.75) is 25.9 Å². The largest absolute Gasteiger partial charge is 0.435 e. The second-order valence-corrected chi connectivity index (χ2v) is 6.73. The minimum atomic E-state index is -4.53. The third kappa shape index (κ3) is 2.46. The van der Waals surface area contributed by atoms with Gasteiger partial charge in [-0.15, -0.1) is 0 Å². The number of fused-ring (bicyclic) bond motifs is 2. The van der Waals surface area contributed by atoms with Gasteiger partial charge in [0.2, 0.25) is 0 Å². The second-order valence-electron chi connectivity index (χ2n) is 6.32. The van der Waals surface area contributed by atoms with Crippen LogP contribution in [0.15, 0.2) is 42.7 Å². The summed E-state index contributed by atoms with van der Waals surface area (Å²) in [6.45, 7) is 3.43. The number of nitrogens with zero attached hydrogens (tertiary/aromatic N) is 4. The highest BCUT2D eigenvalue weighted by atomic mass is 35.5. The first kappa shape index (κ1) is 16.9. The van der Waals surface area contributed by atoms with Crippen molar-refractivity contribution in [2.75, 3.05) is 0 Å². The van der Waals surface area contributed by atoms with E-state index in [2.05, 4.69) is 10.1 Å². The maximum Gasteiger partial charge on any atom is 0.435 e. The molecule has 0 saturated carbocycles. The molecular formula is C18H14ClF3N4. The predicted octanol–water partition coefficient (Wildman–Crippen LogP) is 5.47. The lowest BCUT2D eigenvalue weighted by Gasteiger charge is -2.11. The zero-order valence-corrected chi connectivity index (χ0v) is 14.7. The molecule has 0 spiro atoms. The summed E-state index contributed by atoms with van der Waals surface area (Å²) in [4.78, 5) is 3.93. The van der Waals surface area contributed by atoms with Crippen LogP contribution in [0, 0.1) is 0 Å². The van der Waals surface area contributed by atoms with E-state index in [0.29, 0.717) is 16.2 Å². The van der Waals surface area contributed by atoms with Crippen LogP contribution in [0.2, 0.25) is 5.02 Å². The quantitative estimate of drug-likeness (QED) is 0.463. The summed E-state index contributed by atoms with van der Waals surface area (Å²) in [6, 6.07) is 8.72. The average Bonchev–Trinajstić information content (AvgIpc) is 3.16. The summed E-state index contributed by atoms with van der Waals surface area (Å²) in [7, 11) is 0. The van der Waals surface area contributed by atoms with Gasteiger partial charge in [-0.05, 0) is 24.1 Å². The van der Waals surface area contributed by atoms with Gasteiger partial charge in [0.25, 0.3) is 0 Å². The van der Waals surface area contributed by atoms with Gasteiger partial charge in [-0.1, -0.05) is 37.6 Å². The first-order valence-corrected chi connectivity index (χ1v) is 8.37. The summed E-state index contributed by atoms with van der Waals surface area (Å²) in [5.41, 5.74) is 0.505. The van der Waals surface area contributed by atoms with Crippen LogP contribution >= 0.6 is 11.6 Å². The smallest absolute Gasteiger partial charge is 0.301 e. The minimum absolute atomic E-state index is 0.122. The van der Waals surface area contributed by atoms with Gasteiger partial charge in [0, 0.05) is 11.6 Å². The molecule has 0 aliphatic carbocycles. The molecule has 0 N–H and O–H groups in total. The van der Waals surface area contributed by atoms with Gasteiger partial charge >= 0.3 is 6.18 Å². The number of alkyl halides is 3. The normalized spacial score (nSPS) is 12.6. The van der Waals surface area contributed by atoms with E-state index in [1.54, 1.807) is 50.5 Å². The number of pyridine rings is 1. The average molecular weight is 379 g/mol. The number of aromatic nitrogens is 4. The Morgan fingerprint density at radius 3 is 2.58 bits per heavy atom. The van der Waals surface area contributed by atoms with Crippen LogP contribution in [0.1, 0.15) is 31.2 Å². The van der Waals surface area contributed by atoms with Crippen molar-refractivity contribution in [1.82, 2.24) is 19.2 Å². The third-order valence-corrected chi connectivity index (χ3v) is 4.56. The fraction of sp³-hybridized carbons (Fsp3) is 0.222. The summed E-state index contributed by atoms with van der Waals surface area (Å²) >= 11 is 6.30. The van der Waals surface area contributed by atoms with Crippen LogP contribution in [0.3, 0.4) is 0 Å². The molecule has 4 rings (SSSR count). The van der Waals surface area contributed by atoms with Crippen LogP contribution < -0.4 is 0 Å². The number of rotatable bonds is 2. The molecule has 0 fully saturated rings. The molecule has 4 aromatic rings. The molecule has 0 bridgehead atoms. The summed E-state index contributed by atoms with van der Waals surface area (Å²) in [6.07, 6.45) is -1.32. The van der Waals surface area contributed by atoms with E-state index < -0.39 is 11.9 Å². The standard InChI is InChI=1S/C18H14ClF3N4/c1-10(2)14-16(18(20,21)22)24-17-13(7-4-8-25(14)17)26-15-11(9-23-26)5-3-6-12(15)19/h3-10H,1-2H3. The first-order valence-electron chi connectivity index (χ1n) is 8.00. The fourth-order valence-electron chi connectivity index (χ4n) is 3.22. The van der Waals surface area contributed by atoms with Crippen molar-refractivity contribution in [1.29, 1.82) is 0 Å². The van der Waals surface area contributed by atoms with Gasteiger partial charge in [-0.3, -0.25) is 0 Å². The molecule has 0 amide bonds. The lowest BCUT2D eigenvalue weighted by molar-refractivity contribution is -0.141. The Morgan fingerprint density at radius 1 is 1.12 bits per heavy atom. The molecule has 26 heavy (non-hydrogen) atoms. The van der Waals surface area contributed by atoms with Crippen LogP contribution in [0.4, 0.5) is 13.2 Å². The topological polar surface area (TPSA) is 35.1 Å². The van der Waals surface area contributed by atoms with E-state index in [1.165, 1.54) is 9.08 Å². The van der Waals surface area contributed by atoms with E-state index >= 15 is 0 Å². The molecule has 0 radical (unpaired) electrons. The molecule has 1 aromatic carbocycles. The van der Waals surface area contributed by atoms with Gasteiger partial charge in [-0.25, -0.2) is 9.67 Å². The Balaban J connectivity index is 2.09. The zero-order chi connectivity index (χ0) is 18.6. The molecule has 3 heterocycles. The fourth-order valence-corrected chi connectivity index (χ4v) is 3.48. The van der Waals surface area contributed by atoms with Crippen LogP contribution in [-0.2, 0) is 6.18 Å². The first-order chi connectivity index (χ1) is 12.3. The van der Waals surface area contributed by atoms with Crippen molar-refractivity contribution in [3.63, 3.8) is 0 Å². The van der Waals surface area contributed by atoms with Crippen LogP contribution in [0.25, 0.3) is 22.2 Å². The van der Waals surface area contributed by atoms with Crippen molar-refractivity contribution >= 4 is 28.2 Å². The Kier molecular flexibility index (Phi) is 3.73. The Hall–Kier alpha value is -2.54. The van der Waals surface area contributed by atoms with Crippen molar-refractivity contribution in [3.05, 3.63) is 59.1 Å². The molecule has 4 nitrogen and oxygen atoms in total. The number of hydrogen-bond donors (Lipinski definition) is 0. The lowest BCUT2D eigenvalue weighted by Crippen LogP contribution is -2.10. The van der Waals surface area contributed by atoms with Gasteiger partial charge in [0.15, 0.2) is 11.3 Å². The molecule has 3 aromatic heterocycles. The molecule has 0 atom stereocenters. The van der Waals surface area contributed by atoms with Crippen LogP contribution in [-0.4, -0.2) is 19.2 Å². The molecule has 0 saturated heterocycles. The Bertz CT molecular complexity index is 1120. The highest BCUT2D eigenvalue weighted by molar-refractivity contribution is 6.35. The molecule has 134 valence electrons. The number of imidazole rings is 1. The molecule has 0 aliphatic heterocycles. The van der Waals surface area contributed by atoms with E-state index in [4.69, 9.17) is 11.6 Å². The predicted molar refractivity (Wildman–Crippen MR) is 93.9 cm³/mol. The van der Waals surface area contributed by atoms with Crippen molar-refractivity contribution in [2.24, 2.45) is 0 Å². The minimum Gasteiger partial charge on any atom is -0.301 e. The second kappa shape index (κ2) is 5.74. The van der Waals surface area contributed by atoms with Crippen molar-refractivity contribution < 1.29 is 13.2 Å². The summed E-state index contributed by atoms with van der Waals surface area (Å²) in [5, 5.41) is 5.58. The molecule has 0 unspecified atom stereocenters. The number of hydrogen-bond acceptors (Lipinski definition) is 2. The highest BCUT2D eigenvalue weighted by Gasteiger charge is 2.39. The van der Waals surface area contributed by atoms with Gasteiger partial charge < -0.3 is 4.40 Å². The van der Waals surface area contributed by atoms with Crippen LogP contribution in [0.5, 0.6) is 0 Å². The van der Waals surface area contributed by atoms with E-state index in [0.717, 1.165) is 5.39 Å². The van der Waals surface area contributed by atoms with Gasteiger partial charge in [0.1, 0.15) is 5.69 Å². The van der Waals surface area contributed by atoms with Crippen molar-refractivity contribution in [3.8, 4) is 5.69 Å². The molecule has 0 aliphatic rings. The van der Waals surface area contributed by atoms with E-state index in [9.17, 15) is 13.2 Å². The number of benzene rings is 1. The maximum atomic E-state index is 13.5. The Labute approximate surface area is 151 Å². The summed E-state index contributed by atoms with van der Waals surface area (Å²) in [5.74, 6) is -0.352.